The molecule has 0 saturated heterocycles. The Labute approximate surface area is 186 Å². The van der Waals surface area contributed by atoms with Crippen LogP contribution in [-0.4, -0.2) is 39.1 Å². The third-order valence-corrected chi connectivity index (χ3v) is 7.15. The lowest BCUT2D eigenvalue weighted by Crippen LogP contribution is -2.60. The summed E-state index contributed by atoms with van der Waals surface area (Å²) in [6.45, 7) is 0.508. The van der Waals surface area contributed by atoms with Crippen molar-refractivity contribution in [2.75, 3.05) is 17.2 Å². The summed E-state index contributed by atoms with van der Waals surface area (Å²) in [6.07, 6.45) is 12.2. The molecule has 166 valence electrons. The van der Waals surface area contributed by atoms with E-state index in [1.165, 1.54) is 19.0 Å². The van der Waals surface area contributed by atoms with E-state index < -0.39 is 5.91 Å². The summed E-state index contributed by atoms with van der Waals surface area (Å²) in [5.74, 6) is 2.24. The number of nitrogens with two attached hydrogens (primary N) is 1. The Balaban J connectivity index is 1.36. The van der Waals surface area contributed by atoms with Gasteiger partial charge in [0.2, 0.25) is 0 Å². The van der Waals surface area contributed by atoms with Gasteiger partial charge in [-0.15, -0.1) is 0 Å². The number of ether oxygens (including phenoxy) is 1. The van der Waals surface area contributed by atoms with Crippen LogP contribution >= 0.6 is 0 Å². The molecule has 9 nitrogen and oxygen atoms in total. The van der Waals surface area contributed by atoms with Crippen molar-refractivity contribution in [3.05, 3.63) is 36.4 Å². The molecule has 2 heterocycles. The minimum Gasteiger partial charge on any atom is -0.381 e. The Morgan fingerprint density at radius 1 is 1.19 bits per heavy atom. The second kappa shape index (κ2) is 8.36. The number of carbonyl (C=O) groups excluding carboxylic acids is 1. The molecule has 2 atom stereocenters. The van der Waals surface area contributed by atoms with Crippen LogP contribution in [0.25, 0.3) is 0 Å². The fraction of sp³-hybridized carbons (Fsp3) is 0.522. The predicted molar refractivity (Wildman–Crippen MR) is 118 cm³/mol. The average Bonchev–Trinajstić information content (AvgIpc) is 2.76. The van der Waals surface area contributed by atoms with Gasteiger partial charge in [0, 0.05) is 30.7 Å². The largest absolute Gasteiger partial charge is 0.381 e. The van der Waals surface area contributed by atoms with Crippen molar-refractivity contribution in [3.8, 4) is 6.07 Å². The zero-order valence-corrected chi connectivity index (χ0v) is 17.8. The molecule has 0 radical (unpaired) electrons. The number of carbonyl (C=O) groups is 1. The average molecular weight is 434 g/mol. The van der Waals surface area contributed by atoms with E-state index in [0.29, 0.717) is 53.7 Å². The molecule has 2 unspecified atom stereocenters. The Kier molecular flexibility index (Phi) is 5.39. The summed E-state index contributed by atoms with van der Waals surface area (Å²) in [5.41, 5.74) is 6.63. The highest BCUT2D eigenvalue weighted by molar-refractivity contribution is 5.98. The molecule has 6 rings (SSSR count). The molecule has 2 aromatic heterocycles. The van der Waals surface area contributed by atoms with Crippen molar-refractivity contribution >= 4 is 23.2 Å². The van der Waals surface area contributed by atoms with Gasteiger partial charge in [-0.05, 0) is 49.9 Å². The minimum atomic E-state index is -0.508. The first-order chi connectivity index (χ1) is 15.5. The van der Waals surface area contributed by atoms with Crippen molar-refractivity contribution < 1.29 is 9.53 Å². The van der Waals surface area contributed by atoms with Gasteiger partial charge in [0.25, 0.3) is 5.91 Å². The number of pyridine rings is 1. The minimum absolute atomic E-state index is 0.0883. The summed E-state index contributed by atoms with van der Waals surface area (Å²) in [5, 5.41) is 15.7. The molecule has 0 spiro atoms. The van der Waals surface area contributed by atoms with Crippen molar-refractivity contribution in [2.45, 2.75) is 50.2 Å². The Morgan fingerprint density at radius 2 is 2.00 bits per heavy atom. The second-order valence-electron chi connectivity index (χ2n) is 9.27. The maximum absolute atomic E-state index is 12.1. The number of primary amides is 1. The van der Waals surface area contributed by atoms with Crippen LogP contribution in [0.1, 0.15) is 48.9 Å². The fourth-order valence-corrected chi connectivity index (χ4v) is 6.19. The first-order valence-electron chi connectivity index (χ1n) is 11.2. The van der Waals surface area contributed by atoms with Gasteiger partial charge in [0.05, 0.1) is 42.1 Å². The van der Waals surface area contributed by atoms with E-state index >= 15 is 0 Å². The monoisotopic (exact) mass is 433 g/mol. The molecule has 4 N–H and O–H groups in total. The van der Waals surface area contributed by atoms with Gasteiger partial charge in [0.1, 0.15) is 11.6 Å². The molecular formula is C23H27N7O2. The highest BCUT2D eigenvalue weighted by Crippen LogP contribution is 2.57. The lowest BCUT2D eigenvalue weighted by atomic mass is 9.52. The van der Waals surface area contributed by atoms with Crippen molar-refractivity contribution in [1.29, 1.82) is 5.26 Å². The Morgan fingerprint density at radius 3 is 2.69 bits per heavy atom. The van der Waals surface area contributed by atoms with Gasteiger partial charge in [-0.2, -0.15) is 5.26 Å². The maximum atomic E-state index is 12.1. The molecule has 2 aromatic rings. The summed E-state index contributed by atoms with van der Waals surface area (Å²) < 4.78 is 6.27. The molecule has 1 amide bonds. The summed E-state index contributed by atoms with van der Waals surface area (Å²) in [4.78, 5) is 24.7. The number of nitriles is 1. The van der Waals surface area contributed by atoms with Gasteiger partial charge in [0.15, 0.2) is 0 Å². The molecule has 4 aliphatic carbocycles. The highest BCUT2D eigenvalue weighted by Gasteiger charge is 2.56. The lowest BCUT2D eigenvalue weighted by Gasteiger charge is -2.59. The fourth-order valence-electron chi connectivity index (χ4n) is 6.19. The number of hydrogen-bond donors (Lipinski definition) is 3. The van der Waals surface area contributed by atoms with Crippen molar-refractivity contribution in [2.24, 2.45) is 23.5 Å². The van der Waals surface area contributed by atoms with Crippen LogP contribution in [0, 0.1) is 29.1 Å². The molecule has 4 bridgehead atoms. The molecule has 4 aliphatic rings. The zero-order valence-electron chi connectivity index (χ0n) is 17.8. The zero-order chi connectivity index (χ0) is 22.1. The molecular weight excluding hydrogens is 406 g/mol. The standard InChI is InChI=1S/C23H27N7O2/c24-2-1-5-32-23-9-14-6-15(10-23)21(16(7-14)11-23)29-18-8-19(28-12-17(18)22(25)31)30-20-13-26-3-4-27-20/h3-4,8,12-16,21H,1,5-7,9-11H2,(H2,25,31)(H2,27,28,29,30). The molecule has 0 aliphatic heterocycles. The smallest absolute Gasteiger partial charge is 0.252 e. The van der Waals surface area contributed by atoms with Crippen LogP contribution in [0.4, 0.5) is 17.3 Å². The normalized spacial score (nSPS) is 30.0. The third-order valence-electron chi connectivity index (χ3n) is 7.15. The lowest BCUT2D eigenvalue weighted by molar-refractivity contribution is -0.165. The summed E-state index contributed by atoms with van der Waals surface area (Å²) in [7, 11) is 0. The number of anilines is 3. The van der Waals surface area contributed by atoms with Crippen LogP contribution in [0.3, 0.4) is 0 Å². The predicted octanol–water partition coefficient (Wildman–Crippen LogP) is 3.00. The highest BCUT2D eigenvalue weighted by atomic mass is 16.5. The second-order valence-corrected chi connectivity index (χ2v) is 9.27. The van der Waals surface area contributed by atoms with Crippen LogP contribution in [0.5, 0.6) is 0 Å². The van der Waals surface area contributed by atoms with Crippen LogP contribution in [0.2, 0.25) is 0 Å². The number of nitrogens with zero attached hydrogens (tertiary/aromatic N) is 4. The van der Waals surface area contributed by atoms with E-state index in [9.17, 15) is 4.79 Å². The summed E-state index contributed by atoms with van der Waals surface area (Å²) in [6, 6.07) is 4.25. The Hall–Kier alpha value is -3.25. The van der Waals surface area contributed by atoms with Crippen LogP contribution in [0.15, 0.2) is 30.9 Å². The summed E-state index contributed by atoms with van der Waals surface area (Å²) >= 11 is 0. The number of nitrogens with one attached hydrogen (secondary N) is 2. The first kappa shape index (κ1) is 20.6. The number of amides is 1. The Bertz CT molecular complexity index is 1020. The van der Waals surface area contributed by atoms with Gasteiger partial charge >= 0.3 is 0 Å². The topological polar surface area (TPSA) is 139 Å². The van der Waals surface area contributed by atoms with Gasteiger partial charge in [-0.1, -0.05) is 0 Å². The molecule has 32 heavy (non-hydrogen) atoms. The molecule has 4 fully saturated rings. The van der Waals surface area contributed by atoms with E-state index in [1.807, 2.05) is 6.07 Å². The van der Waals surface area contributed by atoms with Gasteiger partial charge in [-0.25, -0.2) is 9.97 Å². The SMILES string of the molecule is N#CCCOC12CC3CC(C1)C(Nc1cc(Nc4cnccn4)ncc1C(N)=O)C(C3)C2. The number of hydrogen-bond acceptors (Lipinski definition) is 8. The first-order valence-corrected chi connectivity index (χ1v) is 11.2. The molecule has 0 aromatic carbocycles. The van der Waals surface area contributed by atoms with E-state index in [1.54, 1.807) is 18.6 Å². The number of aromatic nitrogens is 3. The van der Waals surface area contributed by atoms with Crippen LogP contribution in [-0.2, 0) is 4.74 Å². The van der Waals surface area contributed by atoms with Gasteiger partial charge < -0.3 is 21.1 Å². The maximum Gasteiger partial charge on any atom is 0.252 e. The molecule has 9 heteroatoms. The van der Waals surface area contributed by atoms with E-state index in [0.717, 1.165) is 19.3 Å². The van der Waals surface area contributed by atoms with Gasteiger partial charge in [-0.3, -0.25) is 9.78 Å². The third kappa shape index (κ3) is 3.98. The number of rotatable bonds is 8. The van der Waals surface area contributed by atoms with Crippen LogP contribution < -0.4 is 16.4 Å². The quantitative estimate of drug-likeness (QED) is 0.540. The van der Waals surface area contributed by atoms with Crippen molar-refractivity contribution in [3.63, 3.8) is 0 Å². The molecule has 4 saturated carbocycles. The van der Waals surface area contributed by atoms with E-state index in [-0.39, 0.29) is 11.6 Å². The van der Waals surface area contributed by atoms with E-state index in [2.05, 4.69) is 31.7 Å². The van der Waals surface area contributed by atoms with E-state index in [4.69, 9.17) is 15.7 Å². The van der Waals surface area contributed by atoms with Crippen molar-refractivity contribution in [1.82, 2.24) is 15.0 Å².